The highest BCUT2D eigenvalue weighted by atomic mass is 19.4. The molecule has 1 heterocycles. The fourth-order valence-electron chi connectivity index (χ4n) is 1.30. The number of hydrogen-bond acceptors (Lipinski definition) is 2. The Hall–Kier alpha value is -1.92. The Bertz CT molecular complexity index is 591. The standard InChI is InChI=1S/C10H7F4N3/c1-17-5-9(15-16-17)7-3-2-6(4-8(7)11)10(12,13)14/h2-5H,1H3/i4D. The molecular formula is C10H7F4N3. The number of aromatic nitrogens is 3. The summed E-state index contributed by atoms with van der Waals surface area (Å²) in [6.07, 6.45) is -3.40. The van der Waals surface area contributed by atoms with Gasteiger partial charge in [0.05, 0.1) is 13.1 Å². The average molecular weight is 246 g/mol. The van der Waals surface area contributed by atoms with E-state index >= 15 is 0 Å². The van der Waals surface area contributed by atoms with Crippen LogP contribution in [-0.4, -0.2) is 15.0 Å². The highest BCUT2D eigenvalue weighted by molar-refractivity contribution is 5.59. The molecule has 0 unspecified atom stereocenters. The molecule has 0 aliphatic carbocycles. The van der Waals surface area contributed by atoms with Gasteiger partial charge in [0.1, 0.15) is 11.5 Å². The number of alkyl halides is 3. The molecule has 1 aromatic heterocycles. The van der Waals surface area contributed by atoms with Gasteiger partial charge in [0.25, 0.3) is 0 Å². The van der Waals surface area contributed by atoms with E-state index < -0.39 is 23.6 Å². The van der Waals surface area contributed by atoms with Crippen molar-refractivity contribution >= 4 is 0 Å². The van der Waals surface area contributed by atoms with Gasteiger partial charge in [-0.15, -0.1) is 5.10 Å². The third kappa shape index (κ3) is 2.27. The summed E-state index contributed by atoms with van der Waals surface area (Å²) < 4.78 is 59.6. The number of rotatable bonds is 1. The Labute approximate surface area is 95.1 Å². The van der Waals surface area contributed by atoms with Crippen molar-refractivity contribution in [2.24, 2.45) is 7.05 Å². The van der Waals surface area contributed by atoms with Gasteiger partial charge in [-0.25, -0.2) is 4.39 Å². The summed E-state index contributed by atoms with van der Waals surface area (Å²) in [6, 6.07) is 0.418. The Morgan fingerprint density at radius 2 is 2.06 bits per heavy atom. The minimum absolute atomic E-state index is 0.0808. The third-order valence-electron chi connectivity index (χ3n) is 2.08. The van der Waals surface area contributed by atoms with Crippen molar-refractivity contribution in [2.75, 3.05) is 0 Å². The molecule has 2 rings (SSSR count). The number of aryl methyl sites for hydroxylation is 1. The molecule has 0 saturated carbocycles. The van der Waals surface area contributed by atoms with E-state index in [9.17, 15) is 17.6 Å². The van der Waals surface area contributed by atoms with Gasteiger partial charge in [-0.1, -0.05) is 5.21 Å². The maximum absolute atomic E-state index is 13.7. The second-order valence-corrected chi connectivity index (χ2v) is 3.37. The van der Waals surface area contributed by atoms with Gasteiger partial charge in [-0.2, -0.15) is 13.2 Å². The summed E-state index contributed by atoms with van der Waals surface area (Å²) in [4.78, 5) is 0. The highest BCUT2D eigenvalue weighted by Gasteiger charge is 2.31. The van der Waals surface area contributed by atoms with E-state index in [2.05, 4.69) is 10.3 Å². The zero-order valence-electron chi connectivity index (χ0n) is 9.59. The third-order valence-corrected chi connectivity index (χ3v) is 2.08. The summed E-state index contributed by atoms with van der Waals surface area (Å²) in [6.45, 7) is 0. The molecule has 0 spiro atoms. The fourth-order valence-corrected chi connectivity index (χ4v) is 1.30. The van der Waals surface area contributed by atoms with E-state index in [-0.39, 0.29) is 11.3 Å². The van der Waals surface area contributed by atoms with Crippen LogP contribution in [0.3, 0.4) is 0 Å². The molecule has 0 N–H and O–H groups in total. The first-order valence-electron chi connectivity index (χ1n) is 5.03. The molecule has 0 fully saturated rings. The van der Waals surface area contributed by atoms with Crippen LogP contribution < -0.4 is 0 Å². The molecule has 1 aromatic carbocycles. The molecule has 0 aliphatic rings. The molecule has 3 nitrogen and oxygen atoms in total. The average Bonchev–Trinajstić information content (AvgIpc) is 2.67. The normalized spacial score (nSPS) is 12.6. The van der Waals surface area contributed by atoms with Crippen molar-refractivity contribution in [1.29, 1.82) is 0 Å². The lowest BCUT2D eigenvalue weighted by molar-refractivity contribution is -0.137. The summed E-state index contributed by atoms with van der Waals surface area (Å²) in [5, 5.41) is 7.14. The summed E-state index contributed by atoms with van der Waals surface area (Å²) >= 11 is 0. The van der Waals surface area contributed by atoms with E-state index in [4.69, 9.17) is 1.37 Å². The zero-order chi connectivity index (χ0) is 13.5. The van der Waals surface area contributed by atoms with Gasteiger partial charge in [0.2, 0.25) is 0 Å². The van der Waals surface area contributed by atoms with E-state index in [1.807, 2.05) is 0 Å². The van der Waals surface area contributed by atoms with Gasteiger partial charge in [0, 0.05) is 12.6 Å². The minimum Gasteiger partial charge on any atom is -0.255 e. The molecule has 0 aliphatic heterocycles. The van der Waals surface area contributed by atoms with E-state index in [0.717, 1.165) is 6.07 Å². The van der Waals surface area contributed by atoms with Gasteiger partial charge in [0.15, 0.2) is 0 Å². The molecule has 0 radical (unpaired) electrons. The first-order valence-corrected chi connectivity index (χ1v) is 4.53. The minimum atomic E-state index is -4.75. The van der Waals surface area contributed by atoms with Crippen molar-refractivity contribution in [3.05, 3.63) is 35.8 Å². The summed E-state index contributed by atoms with van der Waals surface area (Å²) in [5.41, 5.74) is -1.41. The van der Waals surface area contributed by atoms with Crippen LogP contribution in [-0.2, 0) is 13.2 Å². The van der Waals surface area contributed by atoms with Gasteiger partial charge in [-0.05, 0) is 18.2 Å². The molecule has 2 aromatic rings. The number of halogens is 4. The Morgan fingerprint density at radius 3 is 2.59 bits per heavy atom. The lowest BCUT2D eigenvalue weighted by atomic mass is 10.1. The summed E-state index contributed by atoms with van der Waals surface area (Å²) in [5.74, 6) is -1.26. The van der Waals surface area contributed by atoms with Crippen LogP contribution in [0.5, 0.6) is 0 Å². The molecular weight excluding hydrogens is 238 g/mol. The first-order chi connectivity index (χ1) is 8.30. The van der Waals surface area contributed by atoms with Gasteiger partial charge < -0.3 is 0 Å². The molecule has 90 valence electrons. The number of benzene rings is 1. The van der Waals surface area contributed by atoms with Crippen molar-refractivity contribution < 1.29 is 18.9 Å². The largest absolute Gasteiger partial charge is 0.416 e. The van der Waals surface area contributed by atoms with Crippen molar-refractivity contribution in [3.8, 4) is 11.3 Å². The smallest absolute Gasteiger partial charge is 0.255 e. The Kier molecular flexibility index (Phi) is 2.31. The number of hydrogen-bond donors (Lipinski definition) is 0. The van der Waals surface area contributed by atoms with Crippen LogP contribution in [0.2, 0.25) is 0 Å². The van der Waals surface area contributed by atoms with Crippen molar-refractivity contribution in [1.82, 2.24) is 15.0 Å². The molecule has 0 amide bonds. The predicted octanol–water partition coefficient (Wildman–Crippen LogP) is 2.64. The second kappa shape index (κ2) is 3.83. The van der Waals surface area contributed by atoms with Crippen LogP contribution in [0.4, 0.5) is 17.6 Å². The van der Waals surface area contributed by atoms with Crippen LogP contribution in [0, 0.1) is 5.82 Å². The molecule has 0 bridgehead atoms. The highest BCUT2D eigenvalue weighted by Crippen LogP contribution is 2.32. The zero-order valence-corrected chi connectivity index (χ0v) is 8.59. The fraction of sp³-hybridized carbons (Fsp3) is 0.200. The lowest BCUT2D eigenvalue weighted by Crippen LogP contribution is -2.05. The van der Waals surface area contributed by atoms with Gasteiger partial charge >= 0.3 is 6.18 Å². The summed E-state index contributed by atoms with van der Waals surface area (Å²) in [7, 11) is 1.54. The molecule has 0 saturated heterocycles. The molecule has 0 atom stereocenters. The topological polar surface area (TPSA) is 30.7 Å². The van der Waals surface area contributed by atoms with E-state index in [0.29, 0.717) is 6.07 Å². The van der Waals surface area contributed by atoms with E-state index in [1.165, 1.54) is 10.9 Å². The lowest BCUT2D eigenvalue weighted by Gasteiger charge is -2.07. The van der Waals surface area contributed by atoms with Crippen molar-refractivity contribution in [2.45, 2.75) is 6.18 Å². The monoisotopic (exact) mass is 246 g/mol. The van der Waals surface area contributed by atoms with Crippen LogP contribution in [0.1, 0.15) is 6.93 Å². The SMILES string of the molecule is [2H]c1c(C(F)(F)F)ccc(-c2cn(C)nn2)c1F. The van der Waals surface area contributed by atoms with Crippen molar-refractivity contribution in [3.63, 3.8) is 0 Å². The van der Waals surface area contributed by atoms with Crippen LogP contribution >= 0.6 is 0 Å². The Morgan fingerprint density at radius 1 is 1.35 bits per heavy atom. The van der Waals surface area contributed by atoms with Crippen LogP contribution in [0.25, 0.3) is 11.3 Å². The first kappa shape index (κ1) is 10.2. The quantitative estimate of drug-likeness (QED) is 0.724. The Balaban J connectivity index is 2.57. The van der Waals surface area contributed by atoms with Gasteiger partial charge in [-0.3, -0.25) is 4.68 Å². The van der Waals surface area contributed by atoms with Crippen LogP contribution in [0.15, 0.2) is 24.4 Å². The second-order valence-electron chi connectivity index (χ2n) is 3.37. The molecule has 17 heavy (non-hydrogen) atoms. The maximum atomic E-state index is 13.7. The predicted molar refractivity (Wildman–Crippen MR) is 51.4 cm³/mol. The maximum Gasteiger partial charge on any atom is 0.416 e. The number of nitrogens with zero attached hydrogens (tertiary/aromatic N) is 3. The van der Waals surface area contributed by atoms with E-state index in [1.54, 1.807) is 7.05 Å². The molecule has 7 heteroatoms.